The van der Waals surface area contributed by atoms with Crippen molar-refractivity contribution in [3.05, 3.63) is 58.9 Å². The first-order valence-corrected chi connectivity index (χ1v) is 11.9. The Morgan fingerprint density at radius 3 is 2.59 bits per heavy atom. The number of sulfonamides is 1. The maximum absolute atomic E-state index is 13.0. The summed E-state index contributed by atoms with van der Waals surface area (Å²) < 4.78 is 33.2. The van der Waals surface area contributed by atoms with Crippen molar-refractivity contribution in [2.45, 2.75) is 30.4 Å². The minimum atomic E-state index is -3.47. The molecule has 3 aromatic rings. The van der Waals surface area contributed by atoms with Crippen molar-refractivity contribution in [3.63, 3.8) is 0 Å². The molecule has 1 aromatic carbocycles. The predicted molar refractivity (Wildman–Crippen MR) is 114 cm³/mol. The highest BCUT2D eigenvalue weighted by atomic mass is 32.3. The molecule has 0 bridgehead atoms. The first kappa shape index (κ1) is 20.2. The molecule has 3 heterocycles. The van der Waals surface area contributed by atoms with Gasteiger partial charge in [0, 0.05) is 42.3 Å². The lowest BCUT2D eigenvalue weighted by molar-refractivity contribution is 0.364. The number of hydrogen-bond acceptors (Lipinski definition) is 6. The minimum Gasteiger partial charge on any atom is -0.592 e. The lowest BCUT2D eigenvalue weighted by Gasteiger charge is -2.24. The maximum Gasteiger partial charge on any atom is 0.229 e. The first-order valence-electron chi connectivity index (χ1n) is 9.59. The normalized spacial score (nSPS) is 16.7. The van der Waals surface area contributed by atoms with Crippen LogP contribution in [-0.2, 0) is 33.9 Å². The average Bonchev–Trinajstić information content (AvgIpc) is 3.21. The molecule has 4 rings (SSSR count). The lowest BCUT2D eigenvalue weighted by Crippen LogP contribution is -2.37. The number of methoxy groups -OCH3 is 1. The summed E-state index contributed by atoms with van der Waals surface area (Å²) in [5, 5.41) is 1.79. The van der Waals surface area contributed by atoms with Gasteiger partial charge in [0.2, 0.25) is 4.21 Å². The second-order valence-electron chi connectivity index (χ2n) is 6.83. The van der Waals surface area contributed by atoms with E-state index in [-0.39, 0.29) is 0 Å². The van der Waals surface area contributed by atoms with Crippen molar-refractivity contribution in [2.75, 3.05) is 20.2 Å². The van der Waals surface area contributed by atoms with Crippen molar-refractivity contribution in [1.29, 1.82) is 0 Å². The van der Waals surface area contributed by atoms with Gasteiger partial charge in [0.1, 0.15) is 11.6 Å². The fraction of sp³-hybridized carbons (Fsp3) is 0.333. The molecule has 1 atom stereocenters. The van der Waals surface area contributed by atoms with Gasteiger partial charge in [-0.3, -0.25) is 0 Å². The molecule has 1 aliphatic rings. The molecule has 0 saturated heterocycles. The average molecular weight is 430 g/mol. The molecule has 2 aromatic heterocycles. The largest absolute Gasteiger partial charge is 0.592 e. The summed E-state index contributed by atoms with van der Waals surface area (Å²) in [7, 11) is -1.83. The number of fused-ring (bicyclic) bond motifs is 1. The summed E-state index contributed by atoms with van der Waals surface area (Å²) in [6.45, 7) is 2.88. The SMILES string of the molecule is CCc1nc2c(c(-c3ccc(OC)cc3)n1)CCN([S+](=O)([O-])c1cccs1)CC2. The van der Waals surface area contributed by atoms with Crippen LogP contribution in [0.1, 0.15) is 24.0 Å². The van der Waals surface area contributed by atoms with E-state index in [1.165, 1.54) is 11.3 Å². The van der Waals surface area contributed by atoms with Crippen molar-refractivity contribution in [2.24, 2.45) is 0 Å². The molecule has 0 spiro atoms. The Hall–Kier alpha value is -2.13. The molecule has 0 aliphatic carbocycles. The van der Waals surface area contributed by atoms with Crippen molar-refractivity contribution >= 4 is 21.7 Å². The van der Waals surface area contributed by atoms with Gasteiger partial charge in [-0.15, -0.1) is 4.31 Å². The number of aryl methyl sites for hydroxylation is 1. The van der Waals surface area contributed by atoms with Gasteiger partial charge in [0.05, 0.1) is 19.3 Å². The highest BCUT2D eigenvalue weighted by Gasteiger charge is 2.33. The molecule has 0 radical (unpaired) electrons. The first-order chi connectivity index (χ1) is 14.0. The highest BCUT2D eigenvalue weighted by Crippen LogP contribution is 2.31. The molecular weight excluding hydrogens is 406 g/mol. The number of aromatic nitrogens is 2. The summed E-state index contributed by atoms with van der Waals surface area (Å²) in [6, 6.07) is 11.2. The molecular formula is C21H23N3O3S2. The molecule has 0 saturated carbocycles. The van der Waals surface area contributed by atoms with Crippen LogP contribution in [0, 0.1) is 0 Å². The van der Waals surface area contributed by atoms with E-state index < -0.39 is 10.4 Å². The third-order valence-corrected chi connectivity index (χ3v) is 8.39. The Morgan fingerprint density at radius 1 is 1.17 bits per heavy atom. The third-order valence-electron chi connectivity index (χ3n) is 5.12. The standard InChI is InChI=1S/C21H23N3O3S2/c1-3-19-22-18-11-13-24(29(25,26)20-5-4-14-28-20)12-10-17(18)21(23-19)15-6-8-16(27-2)9-7-15/h4-9,14H,3,10-13H2,1-2H3. The number of thiophene rings is 1. The summed E-state index contributed by atoms with van der Waals surface area (Å²) in [5.41, 5.74) is 3.88. The van der Waals surface area contributed by atoms with Crippen LogP contribution in [0.3, 0.4) is 0 Å². The highest BCUT2D eigenvalue weighted by molar-refractivity contribution is 7.97. The second-order valence-corrected chi connectivity index (χ2v) is 9.94. The summed E-state index contributed by atoms with van der Waals surface area (Å²) in [6.07, 6.45) is 1.90. The van der Waals surface area contributed by atoms with E-state index >= 15 is 0 Å². The zero-order valence-corrected chi connectivity index (χ0v) is 18.1. The van der Waals surface area contributed by atoms with Crippen LogP contribution in [0.2, 0.25) is 0 Å². The number of benzene rings is 1. The van der Waals surface area contributed by atoms with Gasteiger partial charge in [0.25, 0.3) is 0 Å². The Bertz CT molecular complexity index is 1040. The summed E-state index contributed by atoms with van der Waals surface area (Å²) >= 11 is 1.25. The van der Waals surface area contributed by atoms with E-state index in [0.717, 1.165) is 40.5 Å². The van der Waals surface area contributed by atoms with E-state index in [1.54, 1.807) is 28.9 Å². The Labute approximate surface area is 176 Å². The van der Waals surface area contributed by atoms with Gasteiger partial charge in [-0.05, 0) is 42.1 Å². The smallest absolute Gasteiger partial charge is 0.229 e. The zero-order chi connectivity index (χ0) is 20.4. The van der Waals surface area contributed by atoms with Crippen LogP contribution in [0.5, 0.6) is 5.75 Å². The molecule has 8 heteroatoms. The summed E-state index contributed by atoms with van der Waals surface area (Å²) in [4.78, 5) is 9.53. The number of hydrogen-bond donors (Lipinski definition) is 0. The Kier molecular flexibility index (Phi) is 5.78. The van der Waals surface area contributed by atoms with E-state index in [1.807, 2.05) is 31.2 Å². The number of rotatable bonds is 5. The van der Waals surface area contributed by atoms with Gasteiger partial charge in [-0.1, -0.05) is 22.5 Å². The van der Waals surface area contributed by atoms with E-state index in [0.29, 0.717) is 30.1 Å². The van der Waals surface area contributed by atoms with Crippen molar-refractivity contribution in [3.8, 4) is 17.0 Å². The Morgan fingerprint density at radius 2 is 1.93 bits per heavy atom. The molecule has 0 amide bonds. The van der Waals surface area contributed by atoms with E-state index in [9.17, 15) is 8.76 Å². The van der Waals surface area contributed by atoms with Gasteiger partial charge in [0.15, 0.2) is 10.4 Å². The van der Waals surface area contributed by atoms with Gasteiger partial charge in [-0.25, -0.2) is 9.97 Å². The maximum atomic E-state index is 13.0. The van der Waals surface area contributed by atoms with Crippen LogP contribution in [0.4, 0.5) is 0 Å². The fourth-order valence-electron chi connectivity index (χ4n) is 3.55. The molecule has 6 nitrogen and oxygen atoms in total. The van der Waals surface area contributed by atoms with Crippen LogP contribution in [0.25, 0.3) is 11.3 Å². The van der Waals surface area contributed by atoms with Crippen molar-refractivity contribution < 1.29 is 13.5 Å². The fourth-order valence-corrected chi connectivity index (χ4v) is 6.14. The molecule has 1 aliphatic heterocycles. The van der Waals surface area contributed by atoms with Gasteiger partial charge in [-0.2, -0.15) is 0 Å². The molecule has 152 valence electrons. The van der Waals surface area contributed by atoms with Crippen molar-refractivity contribution in [1.82, 2.24) is 14.3 Å². The zero-order valence-electron chi connectivity index (χ0n) is 16.5. The topological polar surface area (TPSA) is 78.4 Å². The van der Waals surface area contributed by atoms with Gasteiger partial charge < -0.3 is 9.29 Å². The molecule has 0 fully saturated rings. The van der Waals surface area contributed by atoms with E-state index in [2.05, 4.69) is 0 Å². The minimum absolute atomic E-state index is 0.388. The van der Waals surface area contributed by atoms with Crippen LogP contribution in [-0.4, -0.2) is 39.0 Å². The van der Waals surface area contributed by atoms with Crippen LogP contribution < -0.4 is 4.74 Å². The second kappa shape index (κ2) is 8.31. The van der Waals surface area contributed by atoms with Crippen LogP contribution >= 0.6 is 11.3 Å². The molecule has 1 unspecified atom stereocenters. The number of ether oxygens (including phenoxy) is 1. The summed E-state index contributed by atoms with van der Waals surface area (Å²) in [5.74, 6) is 1.57. The third kappa shape index (κ3) is 3.98. The predicted octanol–water partition coefficient (Wildman–Crippen LogP) is 3.78. The monoisotopic (exact) mass is 429 g/mol. The Balaban J connectivity index is 1.70. The molecule has 0 N–H and O–H groups in total. The van der Waals surface area contributed by atoms with Crippen LogP contribution in [0.15, 0.2) is 46.0 Å². The quantitative estimate of drug-likeness (QED) is 0.577. The van der Waals surface area contributed by atoms with E-state index in [4.69, 9.17) is 14.7 Å². The lowest BCUT2D eigenvalue weighted by atomic mass is 10.0. The van der Waals surface area contributed by atoms with Gasteiger partial charge >= 0.3 is 0 Å². The number of nitrogens with zero attached hydrogens (tertiary/aromatic N) is 3. The molecule has 29 heavy (non-hydrogen) atoms.